The van der Waals surface area contributed by atoms with Crippen molar-refractivity contribution in [2.45, 2.75) is 20.0 Å². The first-order valence-electron chi connectivity index (χ1n) is 11.5. The van der Waals surface area contributed by atoms with Crippen LogP contribution >= 0.6 is 0 Å². The maximum absolute atomic E-state index is 13.5. The van der Waals surface area contributed by atoms with Crippen LogP contribution in [0.15, 0.2) is 60.6 Å². The molecule has 2 aromatic carbocycles. The standard InChI is InChI=1S/C28H25N3O4/c1-17-10-24-22(15-31(16-34-24)14-19-6-4-5-9-29-19)28-26(17)27(32)25(35-28)11-18-13-30(2)23-8-7-20(33-3)12-21(18)23/h4-13H,14-16H2,1-3H3/b25-11-. The van der Waals surface area contributed by atoms with Crippen LogP contribution < -0.4 is 14.2 Å². The molecule has 0 atom stereocenters. The Kier molecular flexibility index (Phi) is 5.07. The predicted octanol–water partition coefficient (Wildman–Crippen LogP) is 4.86. The highest BCUT2D eigenvalue weighted by atomic mass is 16.5. The molecule has 0 amide bonds. The second-order valence-corrected chi connectivity index (χ2v) is 8.97. The van der Waals surface area contributed by atoms with Crippen molar-refractivity contribution in [3.05, 3.63) is 88.6 Å². The van der Waals surface area contributed by atoms with E-state index in [4.69, 9.17) is 14.2 Å². The summed E-state index contributed by atoms with van der Waals surface area (Å²) in [5, 5.41) is 0.996. The second kappa shape index (κ2) is 8.29. The van der Waals surface area contributed by atoms with Crippen LogP contribution in [0.4, 0.5) is 0 Å². The molecule has 0 unspecified atom stereocenters. The maximum atomic E-state index is 13.5. The number of allylic oxidation sites excluding steroid dienone is 1. The third kappa shape index (κ3) is 3.65. The largest absolute Gasteiger partial charge is 0.497 e. The van der Waals surface area contributed by atoms with E-state index in [-0.39, 0.29) is 5.78 Å². The summed E-state index contributed by atoms with van der Waals surface area (Å²) < 4.78 is 19.8. The smallest absolute Gasteiger partial charge is 0.232 e. The average Bonchev–Trinajstić information content (AvgIpc) is 3.37. The lowest BCUT2D eigenvalue weighted by atomic mass is 9.98. The van der Waals surface area contributed by atoms with Crippen molar-refractivity contribution >= 4 is 22.8 Å². The highest BCUT2D eigenvalue weighted by molar-refractivity contribution is 6.16. The van der Waals surface area contributed by atoms with E-state index in [2.05, 4.69) is 9.88 Å². The number of aromatic nitrogens is 2. The predicted molar refractivity (Wildman–Crippen MR) is 133 cm³/mol. The molecule has 0 spiro atoms. The number of ketones is 1. The zero-order chi connectivity index (χ0) is 24.1. The number of methoxy groups -OCH3 is 1. The molecule has 2 aliphatic heterocycles. The first kappa shape index (κ1) is 21.4. The molecule has 0 aliphatic carbocycles. The average molecular weight is 468 g/mol. The quantitative estimate of drug-likeness (QED) is 0.400. The van der Waals surface area contributed by atoms with E-state index in [0.717, 1.165) is 44.8 Å². The number of Topliss-reactive ketones (excluding diaryl/α,β-unsaturated/α-hetero) is 1. The first-order valence-corrected chi connectivity index (χ1v) is 11.5. The molecule has 0 saturated heterocycles. The highest BCUT2D eigenvalue weighted by Crippen LogP contribution is 2.44. The summed E-state index contributed by atoms with van der Waals surface area (Å²) in [6, 6.07) is 13.7. The summed E-state index contributed by atoms with van der Waals surface area (Å²) in [6.07, 6.45) is 5.61. The monoisotopic (exact) mass is 467 g/mol. The van der Waals surface area contributed by atoms with Gasteiger partial charge in [-0.05, 0) is 55.0 Å². The molecule has 35 heavy (non-hydrogen) atoms. The Labute approximate surface area is 203 Å². The van der Waals surface area contributed by atoms with Gasteiger partial charge in [-0.15, -0.1) is 0 Å². The SMILES string of the molecule is COc1ccc2c(c1)c(/C=C1\Oc3c4c(cc(C)c3C1=O)OCN(Cc1ccccn1)C4)cn2C. The van der Waals surface area contributed by atoms with E-state index in [9.17, 15) is 4.79 Å². The Bertz CT molecular complexity index is 1500. The zero-order valence-electron chi connectivity index (χ0n) is 19.9. The van der Waals surface area contributed by atoms with Gasteiger partial charge in [-0.2, -0.15) is 0 Å². The van der Waals surface area contributed by atoms with Crippen molar-refractivity contribution in [1.29, 1.82) is 0 Å². The number of carbonyl (C=O) groups excluding carboxylic acids is 1. The van der Waals surface area contributed by atoms with Crippen LogP contribution in [-0.4, -0.2) is 34.1 Å². The van der Waals surface area contributed by atoms with E-state index in [1.807, 2.05) is 73.3 Å². The number of rotatable bonds is 4. The summed E-state index contributed by atoms with van der Waals surface area (Å²) in [7, 11) is 3.63. The van der Waals surface area contributed by atoms with Gasteiger partial charge in [0.25, 0.3) is 0 Å². The summed E-state index contributed by atoms with van der Waals surface area (Å²) in [6.45, 7) is 3.64. The molecule has 6 rings (SSSR count). The van der Waals surface area contributed by atoms with E-state index in [0.29, 0.717) is 36.9 Å². The minimum absolute atomic E-state index is 0.109. The number of fused-ring (bicyclic) bond motifs is 4. The lowest BCUT2D eigenvalue weighted by Crippen LogP contribution is -2.32. The summed E-state index contributed by atoms with van der Waals surface area (Å²) in [5.41, 5.74) is 5.27. The number of nitrogens with zero attached hydrogens (tertiary/aromatic N) is 3. The van der Waals surface area contributed by atoms with Gasteiger partial charge in [0.15, 0.2) is 5.76 Å². The van der Waals surface area contributed by atoms with Crippen LogP contribution in [-0.2, 0) is 20.1 Å². The van der Waals surface area contributed by atoms with Crippen LogP contribution in [0, 0.1) is 6.92 Å². The zero-order valence-corrected chi connectivity index (χ0v) is 19.9. The Balaban J connectivity index is 1.36. The molecule has 0 radical (unpaired) electrons. The molecule has 0 N–H and O–H groups in total. The fourth-order valence-electron chi connectivity index (χ4n) is 4.88. The minimum Gasteiger partial charge on any atom is -0.497 e. The Morgan fingerprint density at radius 3 is 2.89 bits per heavy atom. The molecule has 7 heteroatoms. The summed E-state index contributed by atoms with van der Waals surface area (Å²) in [5.74, 6) is 2.33. The van der Waals surface area contributed by atoms with Crippen LogP contribution in [0.5, 0.6) is 17.2 Å². The van der Waals surface area contributed by atoms with Gasteiger partial charge in [0.1, 0.15) is 24.0 Å². The molecule has 7 nitrogen and oxygen atoms in total. The van der Waals surface area contributed by atoms with Gasteiger partial charge >= 0.3 is 0 Å². The number of benzene rings is 2. The Morgan fingerprint density at radius 2 is 2.09 bits per heavy atom. The second-order valence-electron chi connectivity index (χ2n) is 8.97. The van der Waals surface area contributed by atoms with E-state index in [1.54, 1.807) is 13.3 Å². The molecule has 0 fully saturated rings. The van der Waals surface area contributed by atoms with Crippen molar-refractivity contribution in [2.24, 2.45) is 7.05 Å². The molecule has 4 aromatic rings. The topological polar surface area (TPSA) is 65.8 Å². The first-order chi connectivity index (χ1) is 17.0. The lowest BCUT2D eigenvalue weighted by Gasteiger charge is -2.29. The molecule has 2 aliphatic rings. The van der Waals surface area contributed by atoms with Gasteiger partial charge in [-0.25, -0.2) is 0 Å². The molecule has 2 aromatic heterocycles. The van der Waals surface area contributed by atoms with Gasteiger partial charge < -0.3 is 18.8 Å². The van der Waals surface area contributed by atoms with Crippen molar-refractivity contribution in [2.75, 3.05) is 13.8 Å². The lowest BCUT2D eigenvalue weighted by molar-refractivity contribution is 0.0861. The number of pyridine rings is 1. The van der Waals surface area contributed by atoms with Crippen LogP contribution in [0.3, 0.4) is 0 Å². The Hall–Kier alpha value is -4.10. The number of ether oxygens (including phenoxy) is 3. The summed E-state index contributed by atoms with van der Waals surface area (Å²) >= 11 is 0. The Morgan fingerprint density at radius 1 is 1.20 bits per heavy atom. The number of aryl methyl sites for hydroxylation is 2. The third-order valence-corrected chi connectivity index (χ3v) is 6.61. The van der Waals surface area contributed by atoms with Gasteiger partial charge in [-0.1, -0.05) is 6.07 Å². The van der Waals surface area contributed by atoms with Crippen molar-refractivity contribution in [3.8, 4) is 17.2 Å². The van der Waals surface area contributed by atoms with Crippen LogP contribution in [0.25, 0.3) is 17.0 Å². The third-order valence-electron chi connectivity index (χ3n) is 6.61. The number of hydrogen-bond acceptors (Lipinski definition) is 6. The molecule has 176 valence electrons. The highest BCUT2D eigenvalue weighted by Gasteiger charge is 2.35. The number of hydrogen-bond donors (Lipinski definition) is 0. The van der Waals surface area contributed by atoms with Crippen LogP contribution in [0.1, 0.15) is 32.7 Å². The van der Waals surface area contributed by atoms with Gasteiger partial charge in [0.2, 0.25) is 5.78 Å². The molecule has 0 bridgehead atoms. The molecule has 4 heterocycles. The molecular formula is C28H25N3O4. The van der Waals surface area contributed by atoms with Crippen LogP contribution in [0.2, 0.25) is 0 Å². The normalized spacial score (nSPS) is 16.2. The van der Waals surface area contributed by atoms with Crippen molar-refractivity contribution in [1.82, 2.24) is 14.5 Å². The molecular weight excluding hydrogens is 442 g/mol. The minimum atomic E-state index is -0.109. The van der Waals surface area contributed by atoms with Gasteiger partial charge in [0.05, 0.1) is 23.9 Å². The summed E-state index contributed by atoms with van der Waals surface area (Å²) in [4.78, 5) is 20.0. The fourth-order valence-corrected chi connectivity index (χ4v) is 4.88. The van der Waals surface area contributed by atoms with E-state index < -0.39 is 0 Å². The fraction of sp³-hybridized carbons (Fsp3) is 0.214. The molecule has 0 saturated carbocycles. The maximum Gasteiger partial charge on any atom is 0.232 e. The number of carbonyl (C=O) groups is 1. The van der Waals surface area contributed by atoms with Gasteiger partial charge in [0, 0.05) is 49.0 Å². The van der Waals surface area contributed by atoms with E-state index >= 15 is 0 Å². The van der Waals surface area contributed by atoms with Gasteiger partial charge in [-0.3, -0.25) is 14.7 Å². The van der Waals surface area contributed by atoms with Crippen molar-refractivity contribution in [3.63, 3.8) is 0 Å². The van der Waals surface area contributed by atoms with Crippen molar-refractivity contribution < 1.29 is 19.0 Å². The van der Waals surface area contributed by atoms with E-state index in [1.165, 1.54) is 0 Å².